The highest BCUT2D eigenvalue weighted by Gasteiger charge is 2.11. The lowest BCUT2D eigenvalue weighted by Crippen LogP contribution is -2.37. The average molecular weight is 188 g/mol. The van der Waals surface area contributed by atoms with Gasteiger partial charge in [0.25, 0.3) is 0 Å². The molecule has 0 aliphatic rings. The lowest BCUT2D eigenvalue weighted by atomic mass is 10.1. The average Bonchev–Trinajstić information content (AvgIpc) is 2.03. The molecule has 0 bridgehead atoms. The fourth-order valence-electron chi connectivity index (χ4n) is 0.716. The quantitative estimate of drug-likeness (QED) is 0.627. The molecular formula is C9H20N2O2. The van der Waals surface area contributed by atoms with Crippen LogP contribution in [0.1, 0.15) is 27.2 Å². The number of ether oxygens (including phenoxy) is 1. The van der Waals surface area contributed by atoms with Gasteiger partial charge in [0.2, 0.25) is 5.91 Å². The minimum Gasteiger partial charge on any atom is -0.378 e. The van der Waals surface area contributed by atoms with Crippen molar-refractivity contribution in [3.8, 4) is 0 Å². The van der Waals surface area contributed by atoms with Crippen molar-refractivity contribution in [1.82, 2.24) is 0 Å². The molecule has 2 atom stereocenters. The van der Waals surface area contributed by atoms with Crippen LogP contribution in [0.25, 0.3) is 0 Å². The normalized spacial score (nSPS) is 15.8. The molecule has 0 heterocycles. The summed E-state index contributed by atoms with van der Waals surface area (Å²) in [5, 5.41) is 0. The summed E-state index contributed by atoms with van der Waals surface area (Å²) in [5.41, 5.74) is 10.4. The smallest absolute Gasteiger partial charge is 0.234 e. The van der Waals surface area contributed by atoms with E-state index in [4.69, 9.17) is 16.2 Å². The molecule has 0 rings (SSSR count). The molecule has 0 fully saturated rings. The van der Waals surface area contributed by atoms with Gasteiger partial charge in [-0.25, -0.2) is 0 Å². The summed E-state index contributed by atoms with van der Waals surface area (Å²) in [6.45, 7) is 6.65. The Kier molecular flexibility index (Phi) is 5.66. The minimum absolute atomic E-state index is 0.195. The van der Waals surface area contributed by atoms with E-state index in [0.29, 0.717) is 18.9 Å². The summed E-state index contributed by atoms with van der Waals surface area (Å²) in [6, 6.07) is -0.584. The van der Waals surface area contributed by atoms with Crippen molar-refractivity contribution in [3.63, 3.8) is 0 Å². The Morgan fingerprint density at radius 2 is 1.92 bits per heavy atom. The number of nitrogens with two attached hydrogens (primary N) is 2. The number of hydrogen-bond acceptors (Lipinski definition) is 3. The number of carbonyl (C=O) groups is 1. The van der Waals surface area contributed by atoms with Crippen LogP contribution in [0.3, 0.4) is 0 Å². The van der Waals surface area contributed by atoms with E-state index in [-0.39, 0.29) is 6.10 Å². The van der Waals surface area contributed by atoms with Crippen LogP contribution in [0.2, 0.25) is 0 Å². The first-order valence-electron chi connectivity index (χ1n) is 4.61. The maximum Gasteiger partial charge on any atom is 0.234 e. The first-order valence-corrected chi connectivity index (χ1v) is 4.61. The molecule has 0 aromatic rings. The molecule has 0 aromatic heterocycles. The lowest BCUT2D eigenvalue weighted by molar-refractivity contribution is -0.119. The van der Waals surface area contributed by atoms with Crippen LogP contribution in [0, 0.1) is 5.92 Å². The van der Waals surface area contributed by atoms with Crippen molar-refractivity contribution >= 4 is 5.91 Å². The van der Waals surface area contributed by atoms with E-state index in [1.165, 1.54) is 0 Å². The molecule has 0 saturated heterocycles. The summed E-state index contributed by atoms with van der Waals surface area (Å²) in [6.07, 6.45) is 0.687. The second-order valence-electron chi connectivity index (χ2n) is 3.62. The predicted octanol–water partition coefficient (Wildman–Crippen LogP) is 0.250. The molecule has 78 valence electrons. The standard InChI is InChI=1S/C9H20N2O2/c1-6(2)7(3)13-5-4-8(10)9(11)12/h6-8H,4-5,10H2,1-3H3,(H2,11,12). The van der Waals surface area contributed by atoms with Gasteiger partial charge in [-0.15, -0.1) is 0 Å². The molecule has 4 heteroatoms. The van der Waals surface area contributed by atoms with Gasteiger partial charge in [0.1, 0.15) is 0 Å². The zero-order valence-corrected chi connectivity index (χ0v) is 8.62. The van der Waals surface area contributed by atoms with Gasteiger partial charge in [0.05, 0.1) is 12.1 Å². The maximum absolute atomic E-state index is 10.6. The van der Waals surface area contributed by atoms with Gasteiger partial charge < -0.3 is 16.2 Å². The molecule has 0 radical (unpaired) electrons. The third kappa shape index (κ3) is 5.60. The van der Waals surface area contributed by atoms with E-state index in [2.05, 4.69) is 13.8 Å². The molecule has 0 saturated carbocycles. The topological polar surface area (TPSA) is 78.3 Å². The Labute approximate surface area is 79.6 Å². The lowest BCUT2D eigenvalue weighted by Gasteiger charge is -2.17. The Morgan fingerprint density at radius 3 is 2.31 bits per heavy atom. The fourth-order valence-corrected chi connectivity index (χ4v) is 0.716. The zero-order chi connectivity index (χ0) is 10.4. The van der Waals surface area contributed by atoms with E-state index < -0.39 is 11.9 Å². The van der Waals surface area contributed by atoms with E-state index in [1.807, 2.05) is 6.92 Å². The molecule has 4 N–H and O–H groups in total. The van der Waals surface area contributed by atoms with Crippen molar-refractivity contribution in [3.05, 3.63) is 0 Å². The molecule has 0 aliphatic heterocycles. The van der Waals surface area contributed by atoms with Crippen LogP contribution in [0.4, 0.5) is 0 Å². The van der Waals surface area contributed by atoms with Crippen LogP contribution < -0.4 is 11.5 Å². The highest BCUT2D eigenvalue weighted by atomic mass is 16.5. The van der Waals surface area contributed by atoms with Crippen molar-refractivity contribution in [1.29, 1.82) is 0 Å². The number of rotatable bonds is 6. The number of carbonyl (C=O) groups excluding carboxylic acids is 1. The predicted molar refractivity (Wildman–Crippen MR) is 52.0 cm³/mol. The van der Waals surface area contributed by atoms with E-state index >= 15 is 0 Å². The molecule has 13 heavy (non-hydrogen) atoms. The molecular weight excluding hydrogens is 168 g/mol. The highest BCUT2D eigenvalue weighted by Crippen LogP contribution is 2.05. The Balaban J connectivity index is 3.50. The molecule has 0 aliphatic carbocycles. The minimum atomic E-state index is -0.584. The van der Waals surface area contributed by atoms with Gasteiger partial charge in [-0.1, -0.05) is 13.8 Å². The second kappa shape index (κ2) is 5.94. The van der Waals surface area contributed by atoms with Crippen molar-refractivity contribution in [2.45, 2.75) is 39.3 Å². The van der Waals surface area contributed by atoms with Crippen LogP contribution in [-0.2, 0) is 9.53 Å². The highest BCUT2D eigenvalue weighted by molar-refractivity contribution is 5.79. The van der Waals surface area contributed by atoms with Crippen molar-refractivity contribution in [2.75, 3.05) is 6.61 Å². The fraction of sp³-hybridized carbons (Fsp3) is 0.889. The van der Waals surface area contributed by atoms with E-state index in [1.54, 1.807) is 0 Å². The van der Waals surface area contributed by atoms with Gasteiger partial charge in [0, 0.05) is 6.61 Å². The summed E-state index contributed by atoms with van der Waals surface area (Å²) in [5.74, 6) is 0.00519. The molecule has 0 aromatic carbocycles. The van der Waals surface area contributed by atoms with Gasteiger partial charge in [-0.05, 0) is 19.3 Å². The second-order valence-corrected chi connectivity index (χ2v) is 3.62. The molecule has 1 amide bonds. The van der Waals surface area contributed by atoms with Crippen molar-refractivity contribution in [2.24, 2.45) is 17.4 Å². The van der Waals surface area contributed by atoms with Gasteiger partial charge in [0.15, 0.2) is 0 Å². The number of hydrogen-bond donors (Lipinski definition) is 2. The van der Waals surface area contributed by atoms with Gasteiger partial charge in [-0.2, -0.15) is 0 Å². The number of primary amides is 1. The SMILES string of the molecule is CC(C)C(C)OCCC(N)C(N)=O. The Bertz CT molecular complexity index is 160. The van der Waals surface area contributed by atoms with Crippen LogP contribution in [-0.4, -0.2) is 24.7 Å². The Hall–Kier alpha value is -0.610. The van der Waals surface area contributed by atoms with Crippen LogP contribution >= 0.6 is 0 Å². The maximum atomic E-state index is 10.6. The van der Waals surface area contributed by atoms with Crippen molar-refractivity contribution < 1.29 is 9.53 Å². The van der Waals surface area contributed by atoms with Crippen LogP contribution in [0.5, 0.6) is 0 Å². The van der Waals surface area contributed by atoms with E-state index in [9.17, 15) is 4.79 Å². The first-order chi connectivity index (χ1) is 5.95. The summed E-state index contributed by atoms with van der Waals surface area (Å²) in [4.78, 5) is 10.6. The van der Waals surface area contributed by atoms with Crippen LogP contribution in [0.15, 0.2) is 0 Å². The monoisotopic (exact) mass is 188 g/mol. The largest absolute Gasteiger partial charge is 0.378 e. The zero-order valence-electron chi connectivity index (χ0n) is 8.62. The van der Waals surface area contributed by atoms with E-state index in [0.717, 1.165) is 0 Å². The third-order valence-electron chi connectivity index (χ3n) is 2.11. The summed E-state index contributed by atoms with van der Waals surface area (Å²) < 4.78 is 5.44. The Morgan fingerprint density at radius 1 is 1.38 bits per heavy atom. The molecule has 4 nitrogen and oxygen atoms in total. The molecule has 0 spiro atoms. The van der Waals surface area contributed by atoms with Gasteiger partial charge in [-0.3, -0.25) is 4.79 Å². The first kappa shape index (κ1) is 12.4. The number of amides is 1. The van der Waals surface area contributed by atoms with Gasteiger partial charge >= 0.3 is 0 Å². The summed E-state index contributed by atoms with van der Waals surface area (Å²) >= 11 is 0. The third-order valence-corrected chi connectivity index (χ3v) is 2.11. The molecule has 2 unspecified atom stereocenters. The summed E-state index contributed by atoms with van der Waals surface area (Å²) in [7, 11) is 0.